The zero-order valence-electron chi connectivity index (χ0n) is 13.1. The highest BCUT2D eigenvalue weighted by Gasteiger charge is 2.23. The number of benzene rings is 1. The minimum atomic E-state index is -0.0617. The van der Waals surface area contributed by atoms with Crippen LogP contribution in [0.5, 0.6) is 5.75 Å². The second kappa shape index (κ2) is 7.46. The zero-order valence-corrected chi connectivity index (χ0v) is 13.1. The quantitative estimate of drug-likeness (QED) is 0.876. The van der Waals surface area contributed by atoms with Crippen molar-refractivity contribution in [1.82, 2.24) is 5.32 Å². The number of hydrogen-bond donors (Lipinski definition) is 1. The molecule has 0 radical (unpaired) electrons. The monoisotopic (exact) mass is 291 g/mol. The maximum absolute atomic E-state index is 12.2. The van der Waals surface area contributed by atoms with Crippen molar-refractivity contribution in [2.24, 2.45) is 5.92 Å². The summed E-state index contributed by atoms with van der Waals surface area (Å²) >= 11 is 0. The van der Waals surface area contributed by atoms with E-state index in [0.29, 0.717) is 18.1 Å². The van der Waals surface area contributed by atoms with Gasteiger partial charge in [-0.1, -0.05) is 13.8 Å². The Hall–Kier alpha value is -1.55. The van der Waals surface area contributed by atoms with Gasteiger partial charge in [0.1, 0.15) is 5.75 Å². The van der Waals surface area contributed by atoms with E-state index in [2.05, 4.69) is 19.2 Å². The van der Waals surface area contributed by atoms with Crippen LogP contribution in [0.3, 0.4) is 0 Å². The second-order valence-corrected chi connectivity index (χ2v) is 6.04. The molecule has 2 rings (SSSR count). The van der Waals surface area contributed by atoms with Gasteiger partial charge in [0.2, 0.25) is 0 Å². The SMILES string of the molecule is CC(C)COc1ccc(C(=O)N[C@H](C)[C@@H]2CCCO2)cc1. The van der Waals surface area contributed by atoms with Crippen molar-refractivity contribution in [3.8, 4) is 5.75 Å². The average molecular weight is 291 g/mol. The minimum absolute atomic E-state index is 0.0388. The van der Waals surface area contributed by atoms with Gasteiger partial charge in [0.05, 0.1) is 18.8 Å². The lowest BCUT2D eigenvalue weighted by molar-refractivity contribution is 0.0712. The Morgan fingerprint density at radius 1 is 1.33 bits per heavy atom. The Morgan fingerprint density at radius 2 is 2.05 bits per heavy atom. The maximum Gasteiger partial charge on any atom is 0.251 e. The zero-order chi connectivity index (χ0) is 15.2. The van der Waals surface area contributed by atoms with Gasteiger partial charge in [0.25, 0.3) is 5.91 Å². The standard InChI is InChI=1S/C17H25NO3/c1-12(2)11-21-15-8-6-14(7-9-15)17(19)18-13(3)16-5-4-10-20-16/h6-9,12-13,16H,4-5,10-11H2,1-3H3,(H,18,19)/t13-,16+/m1/s1. The van der Waals surface area contributed by atoms with Gasteiger partial charge >= 0.3 is 0 Å². The highest BCUT2D eigenvalue weighted by atomic mass is 16.5. The van der Waals surface area contributed by atoms with Crippen molar-refractivity contribution in [2.45, 2.75) is 45.8 Å². The molecule has 1 aliphatic rings. The lowest BCUT2D eigenvalue weighted by Gasteiger charge is -2.20. The Kier molecular flexibility index (Phi) is 5.62. The normalized spacial score (nSPS) is 19.5. The molecule has 21 heavy (non-hydrogen) atoms. The van der Waals surface area contributed by atoms with Crippen molar-refractivity contribution in [3.05, 3.63) is 29.8 Å². The highest BCUT2D eigenvalue weighted by molar-refractivity contribution is 5.94. The van der Waals surface area contributed by atoms with Crippen LogP contribution < -0.4 is 10.1 Å². The van der Waals surface area contributed by atoms with Gasteiger partial charge in [-0.3, -0.25) is 4.79 Å². The Balaban J connectivity index is 1.87. The molecular weight excluding hydrogens is 266 g/mol. The van der Waals surface area contributed by atoms with E-state index in [1.165, 1.54) is 0 Å². The van der Waals surface area contributed by atoms with Crippen LogP contribution in [-0.4, -0.2) is 31.3 Å². The summed E-state index contributed by atoms with van der Waals surface area (Å²) in [5.74, 6) is 1.22. The van der Waals surface area contributed by atoms with Crippen LogP contribution in [0, 0.1) is 5.92 Å². The van der Waals surface area contributed by atoms with Crippen molar-refractivity contribution in [2.75, 3.05) is 13.2 Å². The molecule has 0 bridgehead atoms. The van der Waals surface area contributed by atoms with E-state index in [1.807, 2.05) is 19.1 Å². The van der Waals surface area contributed by atoms with Gasteiger partial charge in [-0.2, -0.15) is 0 Å². The Labute approximate surface area is 126 Å². The molecule has 1 heterocycles. The van der Waals surface area contributed by atoms with Crippen LogP contribution in [0.1, 0.15) is 44.0 Å². The fraction of sp³-hybridized carbons (Fsp3) is 0.588. The van der Waals surface area contributed by atoms with Crippen molar-refractivity contribution in [1.29, 1.82) is 0 Å². The van der Waals surface area contributed by atoms with Crippen LogP contribution in [0.4, 0.5) is 0 Å². The number of nitrogens with one attached hydrogen (secondary N) is 1. The summed E-state index contributed by atoms with van der Waals surface area (Å²) in [6.45, 7) is 7.69. The van der Waals surface area contributed by atoms with Gasteiger partial charge in [0, 0.05) is 12.2 Å². The van der Waals surface area contributed by atoms with Gasteiger partial charge in [-0.15, -0.1) is 0 Å². The summed E-state index contributed by atoms with van der Waals surface area (Å²) in [7, 11) is 0. The number of ether oxygens (including phenoxy) is 2. The average Bonchev–Trinajstić information content (AvgIpc) is 3.00. The minimum Gasteiger partial charge on any atom is -0.493 e. The lowest BCUT2D eigenvalue weighted by Crippen LogP contribution is -2.40. The molecule has 2 atom stereocenters. The maximum atomic E-state index is 12.2. The van der Waals surface area contributed by atoms with Crippen molar-refractivity contribution < 1.29 is 14.3 Å². The molecule has 0 unspecified atom stereocenters. The first-order chi connectivity index (χ1) is 10.1. The molecule has 0 aliphatic carbocycles. The molecule has 1 aliphatic heterocycles. The molecule has 0 spiro atoms. The molecule has 116 valence electrons. The molecule has 4 heteroatoms. The first-order valence-electron chi connectivity index (χ1n) is 7.71. The molecule has 0 aromatic heterocycles. The van der Waals surface area contributed by atoms with E-state index < -0.39 is 0 Å². The van der Waals surface area contributed by atoms with Crippen molar-refractivity contribution in [3.63, 3.8) is 0 Å². The Morgan fingerprint density at radius 3 is 2.62 bits per heavy atom. The van der Waals surface area contributed by atoms with Crippen LogP contribution >= 0.6 is 0 Å². The first-order valence-corrected chi connectivity index (χ1v) is 7.71. The lowest BCUT2D eigenvalue weighted by atomic mass is 10.1. The van der Waals surface area contributed by atoms with Crippen LogP contribution in [0.25, 0.3) is 0 Å². The summed E-state index contributed by atoms with van der Waals surface area (Å²) in [5.41, 5.74) is 0.650. The topological polar surface area (TPSA) is 47.6 Å². The van der Waals surface area contributed by atoms with E-state index >= 15 is 0 Å². The predicted octanol–water partition coefficient (Wildman–Crippen LogP) is 3.02. The Bertz CT molecular complexity index is 450. The largest absolute Gasteiger partial charge is 0.493 e. The predicted molar refractivity (Wildman–Crippen MR) is 82.7 cm³/mol. The number of carbonyl (C=O) groups excluding carboxylic acids is 1. The fourth-order valence-corrected chi connectivity index (χ4v) is 2.35. The fourth-order valence-electron chi connectivity index (χ4n) is 2.35. The second-order valence-electron chi connectivity index (χ2n) is 6.04. The van der Waals surface area contributed by atoms with E-state index in [9.17, 15) is 4.79 Å². The molecular formula is C17H25NO3. The van der Waals surface area contributed by atoms with E-state index in [1.54, 1.807) is 12.1 Å². The van der Waals surface area contributed by atoms with Gasteiger partial charge in [0.15, 0.2) is 0 Å². The summed E-state index contributed by atoms with van der Waals surface area (Å²) in [5, 5.41) is 3.00. The molecule has 4 nitrogen and oxygen atoms in total. The third-order valence-electron chi connectivity index (χ3n) is 3.58. The summed E-state index contributed by atoms with van der Waals surface area (Å²) < 4.78 is 11.2. The van der Waals surface area contributed by atoms with Gasteiger partial charge in [-0.05, 0) is 49.9 Å². The van der Waals surface area contributed by atoms with Crippen LogP contribution in [-0.2, 0) is 4.74 Å². The molecule has 0 saturated carbocycles. The van der Waals surface area contributed by atoms with E-state index in [4.69, 9.17) is 9.47 Å². The number of amides is 1. The third kappa shape index (κ3) is 4.74. The summed E-state index contributed by atoms with van der Waals surface area (Å²) in [6, 6.07) is 7.32. The van der Waals surface area contributed by atoms with E-state index in [0.717, 1.165) is 25.2 Å². The number of hydrogen-bond acceptors (Lipinski definition) is 3. The molecule has 1 aromatic rings. The molecule has 1 fully saturated rings. The molecule has 1 amide bonds. The number of carbonyl (C=O) groups is 1. The molecule has 1 N–H and O–H groups in total. The highest BCUT2D eigenvalue weighted by Crippen LogP contribution is 2.17. The number of rotatable bonds is 6. The molecule has 1 saturated heterocycles. The first kappa shape index (κ1) is 15.8. The van der Waals surface area contributed by atoms with Gasteiger partial charge in [-0.25, -0.2) is 0 Å². The van der Waals surface area contributed by atoms with Crippen LogP contribution in [0.15, 0.2) is 24.3 Å². The van der Waals surface area contributed by atoms with Crippen LogP contribution in [0.2, 0.25) is 0 Å². The summed E-state index contributed by atoms with van der Waals surface area (Å²) in [4.78, 5) is 12.2. The van der Waals surface area contributed by atoms with Crippen molar-refractivity contribution >= 4 is 5.91 Å². The van der Waals surface area contributed by atoms with E-state index in [-0.39, 0.29) is 18.1 Å². The molecule has 1 aromatic carbocycles. The summed E-state index contributed by atoms with van der Waals surface area (Å²) in [6.07, 6.45) is 2.23. The smallest absolute Gasteiger partial charge is 0.251 e. The van der Waals surface area contributed by atoms with Gasteiger partial charge < -0.3 is 14.8 Å². The third-order valence-corrected chi connectivity index (χ3v) is 3.58.